The van der Waals surface area contributed by atoms with Crippen molar-refractivity contribution < 1.29 is 22.0 Å². The second-order valence-electron chi connectivity index (χ2n) is 5.26. The van der Waals surface area contributed by atoms with Gasteiger partial charge in [-0.25, -0.2) is 0 Å². The average Bonchev–Trinajstić information content (AvgIpc) is 2.48. The van der Waals surface area contributed by atoms with Crippen LogP contribution in [0.5, 0.6) is 0 Å². The fraction of sp³-hybridized carbons (Fsp3) is 0.294. The summed E-state index contributed by atoms with van der Waals surface area (Å²) < 4.78 is 65.9. The lowest BCUT2D eigenvalue weighted by Gasteiger charge is -2.22. The molecule has 0 radical (unpaired) electrons. The summed E-state index contributed by atoms with van der Waals surface area (Å²) in [5.41, 5.74) is 1.50. The minimum Gasteiger partial charge on any atom is -0.191 e. The molecule has 0 saturated heterocycles. The summed E-state index contributed by atoms with van der Waals surface area (Å²) in [6.45, 7) is 3.61. The highest BCUT2D eigenvalue weighted by atomic mass is 79.9. The molecule has 0 unspecified atom stereocenters. The molecular weight excluding hydrogens is 379 g/mol. The van der Waals surface area contributed by atoms with Crippen LogP contribution >= 0.6 is 15.9 Å². The summed E-state index contributed by atoms with van der Waals surface area (Å²) in [5.74, 6) is -4.88. The molecule has 0 N–H and O–H groups in total. The fourth-order valence-electron chi connectivity index (χ4n) is 2.38. The summed E-state index contributed by atoms with van der Waals surface area (Å²) in [6.07, 6.45) is -5.09. The van der Waals surface area contributed by atoms with Gasteiger partial charge in [0.1, 0.15) is 0 Å². The number of aryl methyl sites for hydroxylation is 2. The second-order valence-corrected chi connectivity index (χ2v) is 6.17. The Bertz CT molecular complexity index is 719. The Hall–Kier alpha value is -1.43. The molecule has 23 heavy (non-hydrogen) atoms. The van der Waals surface area contributed by atoms with Gasteiger partial charge >= 0.3 is 12.1 Å². The Morgan fingerprint density at radius 2 is 1.57 bits per heavy atom. The van der Waals surface area contributed by atoms with Crippen LogP contribution in [0.1, 0.15) is 23.6 Å². The Kier molecular flexibility index (Phi) is 4.85. The zero-order valence-corrected chi connectivity index (χ0v) is 14.0. The molecule has 0 bridgehead atoms. The quantitative estimate of drug-likeness (QED) is 0.513. The van der Waals surface area contributed by atoms with E-state index in [1.165, 1.54) is 6.07 Å². The van der Waals surface area contributed by atoms with E-state index in [4.69, 9.17) is 0 Å². The molecule has 0 spiro atoms. The van der Waals surface area contributed by atoms with Crippen molar-refractivity contribution in [2.24, 2.45) is 0 Å². The topological polar surface area (TPSA) is 0 Å². The maximum Gasteiger partial charge on any atom is 0.458 e. The van der Waals surface area contributed by atoms with E-state index in [0.29, 0.717) is 23.1 Å². The predicted octanol–water partition coefficient (Wildman–Crippen LogP) is 6.64. The summed E-state index contributed by atoms with van der Waals surface area (Å²) in [4.78, 5) is 0. The predicted molar refractivity (Wildman–Crippen MR) is 83.6 cm³/mol. The van der Waals surface area contributed by atoms with Crippen LogP contribution in [-0.2, 0) is 12.3 Å². The standard InChI is InChI=1S/C17H14BrF5/c1-3-11-5-6-12(16(19,20)17(21,22)23)8-15(11)14-9-13(18)7-4-10(14)2/h4-9H,3H2,1-2H3. The molecule has 124 valence electrons. The molecule has 6 heteroatoms. The molecule has 0 aliphatic carbocycles. The Morgan fingerprint density at radius 3 is 2.13 bits per heavy atom. The van der Waals surface area contributed by atoms with Gasteiger partial charge in [0.05, 0.1) is 0 Å². The van der Waals surface area contributed by atoms with Crippen molar-refractivity contribution >= 4 is 15.9 Å². The minimum atomic E-state index is -5.62. The molecule has 0 heterocycles. The van der Waals surface area contributed by atoms with Crippen molar-refractivity contribution in [3.63, 3.8) is 0 Å². The van der Waals surface area contributed by atoms with Crippen LogP contribution < -0.4 is 0 Å². The van der Waals surface area contributed by atoms with Gasteiger partial charge in [-0.15, -0.1) is 0 Å². The zero-order valence-electron chi connectivity index (χ0n) is 12.4. The van der Waals surface area contributed by atoms with Crippen LogP contribution in [0.2, 0.25) is 0 Å². The molecule has 2 aromatic rings. The van der Waals surface area contributed by atoms with Crippen LogP contribution in [0.15, 0.2) is 40.9 Å². The first-order valence-corrected chi connectivity index (χ1v) is 7.71. The summed E-state index contributed by atoms with van der Waals surface area (Å²) in [6, 6.07) is 8.43. The maximum atomic E-state index is 13.6. The van der Waals surface area contributed by atoms with E-state index >= 15 is 0 Å². The molecule has 0 aliphatic rings. The van der Waals surface area contributed by atoms with Gasteiger partial charge in [0, 0.05) is 10.0 Å². The van der Waals surface area contributed by atoms with Gasteiger partial charge in [0.25, 0.3) is 0 Å². The van der Waals surface area contributed by atoms with Gasteiger partial charge in [-0.2, -0.15) is 22.0 Å². The minimum absolute atomic E-state index is 0.396. The van der Waals surface area contributed by atoms with Crippen molar-refractivity contribution in [1.82, 2.24) is 0 Å². The summed E-state index contributed by atoms with van der Waals surface area (Å²) >= 11 is 3.30. The van der Waals surface area contributed by atoms with E-state index < -0.39 is 17.7 Å². The number of hydrogen-bond acceptors (Lipinski definition) is 0. The van der Waals surface area contributed by atoms with Crippen LogP contribution in [0.4, 0.5) is 22.0 Å². The van der Waals surface area contributed by atoms with E-state index in [1.807, 2.05) is 6.92 Å². The first-order chi connectivity index (χ1) is 10.6. The highest BCUT2D eigenvalue weighted by molar-refractivity contribution is 9.10. The van der Waals surface area contributed by atoms with Crippen molar-refractivity contribution in [2.75, 3.05) is 0 Å². The van der Waals surface area contributed by atoms with Crippen LogP contribution in [0, 0.1) is 6.92 Å². The molecule has 2 rings (SSSR count). The Labute approximate surface area is 139 Å². The van der Waals surface area contributed by atoms with Gasteiger partial charge < -0.3 is 0 Å². The van der Waals surface area contributed by atoms with E-state index in [1.54, 1.807) is 25.1 Å². The first kappa shape index (κ1) is 17.9. The third-order valence-corrected chi connectivity index (χ3v) is 4.19. The van der Waals surface area contributed by atoms with Gasteiger partial charge in [-0.1, -0.05) is 41.1 Å². The molecule has 0 nitrogen and oxygen atoms in total. The summed E-state index contributed by atoms with van der Waals surface area (Å²) in [5, 5.41) is 0. The number of alkyl halides is 5. The highest BCUT2D eigenvalue weighted by Gasteiger charge is 2.58. The van der Waals surface area contributed by atoms with E-state index in [9.17, 15) is 22.0 Å². The van der Waals surface area contributed by atoms with Crippen molar-refractivity contribution in [3.05, 3.63) is 57.6 Å². The summed E-state index contributed by atoms with van der Waals surface area (Å²) in [7, 11) is 0. The molecular formula is C17H14BrF5. The molecule has 0 fully saturated rings. The molecule has 0 atom stereocenters. The molecule has 0 aromatic heterocycles. The van der Waals surface area contributed by atoms with E-state index in [0.717, 1.165) is 22.2 Å². The average molecular weight is 393 g/mol. The fourth-order valence-corrected chi connectivity index (χ4v) is 2.74. The van der Waals surface area contributed by atoms with Crippen molar-refractivity contribution in [1.29, 1.82) is 0 Å². The van der Waals surface area contributed by atoms with Gasteiger partial charge in [-0.3, -0.25) is 0 Å². The van der Waals surface area contributed by atoms with Gasteiger partial charge in [-0.05, 0) is 53.8 Å². The molecule has 0 aliphatic heterocycles. The van der Waals surface area contributed by atoms with Gasteiger partial charge in [0.2, 0.25) is 0 Å². The number of hydrogen-bond donors (Lipinski definition) is 0. The van der Waals surface area contributed by atoms with Crippen molar-refractivity contribution in [2.45, 2.75) is 32.4 Å². The third kappa shape index (κ3) is 3.42. The van der Waals surface area contributed by atoms with Gasteiger partial charge in [0.15, 0.2) is 0 Å². The highest BCUT2D eigenvalue weighted by Crippen LogP contribution is 2.45. The Balaban J connectivity index is 2.68. The van der Waals surface area contributed by atoms with E-state index in [-0.39, 0.29) is 0 Å². The first-order valence-electron chi connectivity index (χ1n) is 6.92. The lowest BCUT2D eigenvalue weighted by Crippen LogP contribution is -2.33. The van der Waals surface area contributed by atoms with Crippen LogP contribution in [0.3, 0.4) is 0 Å². The lowest BCUT2D eigenvalue weighted by molar-refractivity contribution is -0.289. The third-order valence-electron chi connectivity index (χ3n) is 3.70. The largest absolute Gasteiger partial charge is 0.458 e. The lowest BCUT2D eigenvalue weighted by atomic mass is 9.91. The molecule has 2 aromatic carbocycles. The smallest absolute Gasteiger partial charge is 0.191 e. The molecule has 0 saturated carbocycles. The number of halogens is 6. The van der Waals surface area contributed by atoms with E-state index in [2.05, 4.69) is 15.9 Å². The normalized spacial score (nSPS) is 12.5. The monoisotopic (exact) mass is 392 g/mol. The second kappa shape index (κ2) is 6.23. The van der Waals surface area contributed by atoms with Crippen LogP contribution in [0.25, 0.3) is 11.1 Å². The number of benzene rings is 2. The Morgan fingerprint density at radius 1 is 0.913 bits per heavy atom. The number of rotatable bonds is 3. The molecule has 0 amide bonds. The zero-order chi connectivity index (χ0) is 17.4. The SMILES string of the molecule is CCc1ccc(C(F)(F)C(F)(F)F)cc1-c1cc(Br)ccc1C. The maximum absolute atomic E-state index is 13.6. The van der Waals surface area contributed by atoms with Crippen LogP contribution in [-0.4, -0.2) is 6.18 Å². The van der Waals surface area contributed by atoms with Crippen molar-refractivity contribution in [3.8, 4) is 11.1 Å².